The van der Waals surface area contributed by atoms with Crippen LogP contribution in [0.4, 0.5) is 5.69 Å². The zero-order chi connectivity index (χ0) is 14.0. The Morgan fingerprint density at radius 3 is 2.42 bits per heavy atom. The Bertz CT molecular complexity index is 739. The van der Waals surface area contributed by atoms with E-state index in [9.17, 15) is 13.2 Å². The summed E-state index contributed by atoms with van der Waals surface area (Å²) < 4.78 is 34.8. The maximum Gasteiger partial charge on any atom is 0.446 e. The van der Waals surface area contributed by atoms with E-state index in [4.69, 9.17) is 4.55 Å². The van der Waals surface area contributed by atoms with Gasteiger partial charge in [-0.2, -0.15) is 8.42 Å². The molecule has 6 nitrogen and oxygen atoms in total. The number of amides is 1. The van der Waals surface area contributed by atoms with Crippen LogP contribution >= 0.6 is 0 Å². The maximum atomic E-state index is 11.1. The van der Waals surface area contributed by atoms with Crippen LogP contribution in [0.15, 0.2) is 36.4 Å². The van der Waals surface area contributed by atoms with E-state index in [1.54, 1.807) is 30.3 Å². The van der Waals surface area contributed by atoms with Crippen LogP contribution < -0.4 is 9.50 Å². The van der Waals surface area contributed by atoms with Crippen molar-refractivity contribution in [3.63, 3.8) is 0 Å². The number of anilines is 1. The summed E-state index contributed by atoms with van der Waals surface area (Å²) in [6, 6.07) is 9.63. The lowest BCUT2D eigenvalue weighted by atomic mass is 10.1. The largest absolute Gasteiger partial charge is 0.446 e. The highest BCUT2D eigenvalue weighted by atomic mass is 32.3. The van der Waals surface area contributed by atoms with Gasteiger partial charge >= 0.3 is 10.4 Å². The fourth-order valence-electron chi connectivity index (χ4n) is 1.77. The van der Waals surface area contributed by atoms with Gasteiger partial charge in [0, 0.05) is 23.4 Å². The molecular weight excluding hydrogens is 270 g/mol. The van der Waals surface area contributed by atoms with Crippen LogP contribution in [0, 0.1) is 0 Å². The van der Waals surface area contributed by atoms with E-state index < -0.39 is 10.4 Å². The molecule has 7 heteroatoms. The van der Waals surface area contributed by atoms with Gasteiger partial charge in [0.1, 0.15) is 0 Å². The molecule has 1 amide bonds. The molecule has 0 radical (unpaired) electrons. The first-order chi connectivity index (χ1) is 8.87. The van der Waals surface area contributed by atoms with Crippen LogP contribution in [0.3, 0.4) is 0 Å². The van der Waals surface area contributed by atoms with Crippen molar-refractivity contribution < 1.29 is 21.9 Å². The number of carbonyl (C=O) groups excluding carboxylic acids is 1. The number of carbonyl (C=O) groups is 1. The molecule has 0 saturated carbocycles. The summed E-state index contributed by atoms with van der Waals surface area (Å²) in [6.45, 7) is 1.37. The fraction of sp³-hybridized carbons (Fsp3) is 0.0833. The van der Waals surface area contributed by atoms with Crippen molar-refractivity contribution in [1.82, 2.24) is 0 Å². The third-order valence-electron chi connectivity index (χ3n) is 2.39. The van der Waals surface area contributed by atoms with Gasteiger partial charge in [-0.05, 0) is 12.1 Å². The summed E-state index contributed by atoms with van der Waals surface area (Å²) in [6.07, 6.45) is 0. The summed E-state index contributed by atoms with van der Waals surface area (Å²) >= 11 is 0. The highest BCUT2D eigenvalue weighted by Gasteiger charge is 2.12. The normalized spacial score (nSPS) is 11.3. The predicted octanol–water partition coefficient (Wildman–Crippen LogP) is 1.98. The maximum absolute atomic E-state index is 11.1. The molecule has 0 aromatic heterocycles. The lowest BCUT2D eigenvalue weighted by Gasteiger charge is -2.10. The third-order valence-corrected chi connectivity index (χ3v) is 2.78. The van der Waals surface area contributed by atoms with Gasteiger partial charge in [-0.15, -0.1) is 0 Å². The van der Waals surface area contributed by atoms with Gasteiger partial charge in [0.25, 0.3) is 0 Å². The van der Waals surface area contributed by atoms with Crippen molar-refractivity contribution in [3.05, 3.63) is 36.4 Å². The van der Waals surface area contributed by atoms with E-state index >= 15 is 0 Å². The van der Waals surface area contributed by atoms with Gasteiger partial charge in [0.05, 0.1) is 0 Å². The molecule has 2 aromatic rings. The van der Waals surface area contributed by atoms with Crippen LogP contribution in [0.2, 0.25) is 0 Å². The molecule has 0 aliphatic carbocycles. The molecule has 2 rings (SSSR count). The molecule has 0 unspecified atom stereocenters. The van der Waals surface area contributed by atoms with Crippen molar-refractivity contribution in [3.8, 4) is 5.75 Å². The smallest absolute Gasteiger partial charge is 0.361 e. The first kappa shape index (κ1) is 13.3. The van der Waals surface area contributed by atoms with Crippen LogP contribution in [-0.4, -0.2) is 18.9 Å². The fourth-order valence-corrected chi connectivity index (χ4v) is 2.14. The standard InChI is InChI=1S/C12H11NO5S/c1-8(14)13-11-6-2-5-10-9(11)4-3-7-12(10)18-19(15,16)17/h2-7H,1H3,(H,13,14)(H,15,16,17). The predicted molar refractivity (Wildman–Crippen MR) is 70.4 cm³/mol. The van der Waals surface area contributed by atoms with Gasteiger partial charge in [-0.3, -0.25) is 9.35 Å². The number of benzene rings is 2. The number of hydrogen-bond donors (Lipinski definition) is 2. The Balaban J connectivity index is 2.60. The number of fused-ring (bicyclic) bond motifs is 1. The second-order valence-electron chi connectivity index (χ2n) is 3.85. The van der Waals surface area contributed by atoms with Gasteiger partial charge in [0.2, 0.25) is 5.91 Å². The number of rotatable bonds is 3. The Morgan fingerprint density at radius 1 is 1.16 bits per heavy atom. The van der Waals surface area contributed by atoms with Crippen LogP contribution in [0.25, 0.3) is 10.8 Å². The molecule has 0 aliphatic heterocycles. The number of nitrogens with one attached hydrogen (secondary N) is 1. The van der Waals surface area contributed by atoms with Crippen LogP contribution in [0.1, 0.15) is 6.92 Å². The lowest BCUT2D eigenvalue weighted by molar-refractivity contribution is -0.114. The Morgan fingerprint density at radius 2 is 1.79 bits per heavy atom. The zero-order valence-corrected chi connectivity index (χ0v) is 10.8. The van der Waals surface area contributed by atoms with Crippen molar-refractivity contribution in [2.45, 2.75) is 6.92 Å². The highest BCUT2D eigenvalue weighted by molar-refractivity contribution is 7.81. The molecule has 0 bridgehead atoms. The second-order valence-corrected chi connectivity index (χ2v) is 4.87. The molecule has 0 fully saturated rings. The van der Waals surface area contributed by atoms with Crippen LogP contribution in [0.5, 0.6) is 5.75 Å². The molecule has 0 aliphatic rings. The first-order valence-corrected chi connectivity index (χ1v) is 6.69. The molecule has 0 spiro atoms. The van der Waals surface area contributed by atoms with Gasteiger partial charge in [-0.25, -0.2) is 0 Å². The van der Waals surface area contributed by atoms with Crippen LogP contribution in [-0.2, 0) is 15.2 Å². The van der Waals surface area contributed by atoms with E-state index in [1.807, 2.05) is 0 Å². The second kappa shape index (κ2) is 4.87. The van der Waals surface area contributed by atoms with Crippen molar-refractivity contribution >= 4 is 32.8 Å². The molecule has 2 aromatic carbocycles. The molecule has 0 atom stereocenters. The summed E-state index contributed by atoms with van der Waals surface area (Å²) in [4.78, 5) is 11.1. The SMILES string of the molecule is CC(=O)Nc1cccc2c(OS(=O)(=O)O)cccc12. The summed E-state index contributed by atoms with van der Waals surface area (Å²) in [5, 5.41) is 3.71. The van der Waals surface area contributed by atoms with E-state index in [0.29, 0.717) is 16.5 Å². The van der Waals surface area contributed by atoms with Gasteiger partial charge in [0.15, 0.2) is 5.75 Å². The Kier molecular flexibility index (Phi) is 3.41. The summed E-state index contributed by atoms with van der Waals surface area (Å²) in [5.74, 6) is -0.249. The summed E-state index contributed by atoms with van der Waals surface area (Å²) in [5.41, 5.74) is 0.533. The van der Waals surface area contributed by atoms with Gasteiger partial charge < -0.3 is 9.50 Å². The monoisotopic (exact) mass is 281 g/mol. The Hall–Kier alpha value is -2.12. The quantitative estimate of drug-likeness (QED) is 0.839. The molecule has 0 saturated heterocycles. The van der Waals surface area contributed by atoms with E-state index in [0.717, 1.165) is 0 Å². The minimum Gasteiger partial charge on any atom is -0.361 e. The molecule has 2 N–H and O–H groups in total. The number of hydrogen-bond acceptors (Lipinski definition) is 4. The molecule has 19 heavy (non-hydrogen) atoms. The minimum atomic E-state index is -4.59. The Labute approximate surface area is 110 Å². The lowest BCUT2D eigenvalue weighted by Crippen LogP contribution is -2.08. The minimum absolute atomic E-state index is 0.00722. The van der Waals surface area contributed by atoms with Crippen molar-refractivity contribution in [1.29, 1.82) is 0 Å². The van der Waals surface area contributed by atoms with E-state index in [2.05, 4.69) is 9.50 Å². The summed E-state index contributed by atoms with van der Waals surface area (Å²) in [7, 11) is -4.59. The highest BCUT2D eigenvalue weighted by Crippen LogP contribution is 2.31. The third kappa shape index (κ3) is 3.21. The average molecular weight is 281 g/mol. The topological polar surface area (TPSA) is 92.7 Å². The van der Waals surface area contributed by atoms with Crippen molar-refractivity contribution in [2.75, 3.05) is 5.32 Å². The molecule has 0 heterocycles. The van der Waals surface area contributed by atoms with E-state index in [-0.39, 0.29) is 11.7 Å². The zero-order valence-electron chi connectivity index (χ0n) is 9.95. The van der Waals surface area contributed by atoms with E-state index in [1.165, 1.54) is 13.0 Å². The average Bonchev–Trinajstić information content (AvgIpc) is 2.27. The molecular formula is C12H11NO5S. The van der Waals surface area contributed by atoms with Gasteiger partial charge in [-0.1, -0.05) is 24.3 Å². The molecule has 100 valence electrons. The van der Waals surface area contributed by atoms with Crippen molar-refractivity contribution in [2.24, 2.45) is 0 Å². The first-order valence-electron chi connectivity index (χ1n) is 5.33.